The van der Waals surface area contributed by atoms with Crippen molar-refractivity contribution in [3.8, 4) is 0 Å². The molecule has 0 fully saturated rings. The third-order valence-corrected chi connectivity index (χ3v) is 7.75. The Hall–Kier alpha value is -1.15. The van der Waals surface area contributed by atoms with Gasteiger partial charge in [-0.2, -0.15) is 0 Å². The lowest BCUT2D eigenvalue weighted by molar-refractivity contribution is -0.139. The van der Waals surface area contributed by atoms with Crippen molar-refractivity contribution in [1.82, 2.24) is 0 Å². The van der Waals surface area contributed by atoms with Gasteiger partial charge in [0.05, 0.1) is 6.61 Å². The first-order valence-electron chi connectivity index (χ1n) is 20.2. The van der Waals surface area contributed by atoms with Crippen LogP contribution in [-0.4, -0.2) is 130 Å². The van der Waals surface area contributed by atoms with Gasteiger partial charge in [-0.15, -0.1) is 0 Å². The highest BCUT2D eigenvalue weighted by Gasteiger charge is 2.02. The molecule has 0 saturated heterocycles. The zero-order valence-electron chi connectivity index (χ0n) is 32.7. The first-order chi connectivity index (χ1) is 25.2. The number of aliphatic hydroxyl groups excluding tert-OH is 1. The van der Waals surface area contributed by atoms with Gasteiger partial charge in [0.2, 0.25) is 0 Å². The third-order valence-electron chi connectivity index (χ3n) is 7.75. The molecule has 11 nitrogen and oxygen atoms in total. The second kappa shape index (κ2) is 45.0. The first-order valence-corrected chi connectivity index (χ1v) is 20.2. The molecule has 0 aliphatic heterocycles. The maximum atomic E-state index is 11.3. The average Bonchev–Trinajstić information content (AvgIpc) is 3.13. The molecule has 0 spiro atoms. The molecule has 0 aromatic rings. The van der Waals surface area contributed by atoms with Gasteiger partial charge in [0.15, 0.2) is 0 Å². The highest BCUT2D eigenvalue weighted by molar-refractivity contribution is 5.86. The number of hydrogen-bond acceptors (Lipinski definition) is 11. The maximum Gasteiger partial charge on any atom is 0.333 e. The smallest absolute Gasteiger partial charge is 0.333 e. The fraction of sp³-hybridized carbons (Fsp3) is 0.925. The van der Waals surface area contributed by atoms with E-state index in [1.165, 1.54) is 0 Å². The number of unbranched alkanes of at least 4 members (excludes halogenated alkanes) is 9. The van der Waals surface area contributed by atoms with E-state index < -0.39 is 0 Å². The summed E-state index contributed by atoms with van der Waals surface area (Å²) in [7, 11) is 0. The minimum atomic E-state index is -0.323. The molecule has 0 rings (SSSR count). The number of carbonyl (C=O) groups excluding carboxylic acids is 1. The second-order valence-electron chi connectivity index (χ2n) is 12.9. The van der Waals surface area contributed by atoms with Crippen LogP contribution in [-0.2, 0) is 47.4 Å². The molecule has 0 unspecified atom stereocenters. The molecule has 51 heavy (non-hydrogen) atoms. The van der Waals surface area contributed by atoms with Crippen LogP contribution in [0.2, 0.25) is 0 Å². The van der Waals surface area contributed by atoms with Crippen LogP contribution in [0, 0.1) is 0 Å². The zero-order valence-corrected chi connectivity index (χ0v) is 32.7. The average molecular weight is 735 g/mol. The number of aliphatic hydroxyl groups is 1. The molecular weight excluding hydrogens is 656 g/mol. The van der Waals surface area contributed by atoms with Crippen molar-refractivity contribution in [2.24, 2.45) is 0 Å². The fourth-order valence-electron chi connectivity index (χ4n) is 4.58. The van der Waals surface area contributed by atoms with Gasteiger partial charge in [-0.25, -0.2) is 4.79 Å². The molecule has 0 saturated carbocycles. The lowest BCUT2D eigenvalue weighted by Gasteiger charge is -2.08. The van der Waals surface area contributed by atoms with Crippen LogP contribution < -0.4 is 0 Å². The number of ether oxygens (including phenoxy) is 9. The number of rotatable bonds is 45. The van der Waals surface area contributed by atoms with Gasteiger partial charge >= 0.3 is 5.97 Å². The predicted molar refractivity (Wildman–Crippen MR) is 203 cm³/mol. The summed E-state index contributed by atoms with van der Waals surface area (Å²) in [6.07, 6.45) is 17.9. The summed E-state index contributed by atoms with van der Waals surface area (Å²) >= 11 is 0. The topological polar surface area (TPSA) is 120 Å². The summed E-state index contributed by atoms with van der Waals surface area (Å²) < 4.78 is 50.5. The van der Waals surface area contributed by atoms with E-state index in [9.17, 15) is 4.79 Å². The van der Waals surface area contributed by atoms with E-state index in [0.717, 1.165) is 215 Å². The molecule has 0 aliphatic carbocycles. The summed E-state index contributed by atoms with van der Waals surface area (Å²) in [4.78, 5) is 11.3. The van der Waals surface area contributed by atoms with Gasteiger partial charge in [-0.05, 0) is 122 Å². The lowest BCUT2D eigenvalue weighted by Crippen LogP contribution is -2.07. The molecule has 0 aromatic carbocycles. The van der Waals surface area contributed by atoms with E-state index in [-0.39, 0.29) is 12.6 Å². The summed E-state index contributed by atoms with van der Waals surface area (Å²) in [6.45, 7) is 18.4. The standard InChI is InChI=1S/C40H78O11/c1-39(2)40(42)51-38-20-19-37-50-36-18-17-35-49-34-16-15-33-48-32-14-13-31-47-30-12-11-29-46-28-10-9-27-45-26-8-7-25-44-24-6-5-23-43-22-4-3-21-41/h41H,1,3-38H2,2H3. The van der Waals surface area contributed by atoms with Crippen molar-refractivity contribution in [2.45, 2.75) is 122 Å². The van der Waals surface area contributed by atoms with E-state index in [4.69, 9.17) is 47.7 Å². The molecule has 304 valence electrons. The second-order valence-corrected chi connectivity index (χ2v) is 12.9. The van der Waals surface area contributed by atoms with E-state index in [1.54, 1.807) is 6.92 Å². The summed E-state index contributed by atoms with van der Waals surface area (Å²) in [5.74, 6) is -0.323. The van der Waals surface area contributed by atoms with Crippen molar-refractivity contribution in [1.29, 1.82) is 0 Å². The van der Waals surface area contributed by atoms with Crippen molar-refractivity contribution in [3.63, 3.8) is 0 Å². The van der Waals surface area contributed by atoms with E-state index >= 15 is 0 Å². The van der Waals surface area contributed by atoms with Crippen molar-refractivity contribution >= 4 is 5.97 Å². The van der Waals surface area contributed by atoms with E-state index in [2.05, 4.69) is 6.58 Å². The van der Waals surface area contributed by atoms with Crippen LogP contribution in [0.3, 0.4) is 0 Å². The molecule has 0 bridgehead atoms. The number of esters is 1. The fourth-order valence-corrected chi connectivity index (χ4v) is 4.58. The largest absolute Gasteiger partial charge is 0.462 e. The Kier molecular flexibility index (Phi) is 44.0. The Morgan fingerprint density at radius 2 is 0.529 bits per heavy atom. The van der Waals surface area contributed by atoms with Crippen LogP contribution in [0.15, 0.2) is 12.2 Å². The minimum Gasteiger partial charge on any atom is -0.462 e. The Bertz CT molecular complexity index is 695. The highest BCUT2D eigenvalue weighted by atomic mass is 16.5. The van der Waals surface area contributed by atoms with Gasteiger partial charge in [0.1, 0.15) is 0 Å². The highest BCUT2D eigenvalue weighted by Crippen LogP contribution is 2.02. The SMILES string of the molecule is C=C(C)C(=O)OCCCCOCCCCOCCCCOCCCCOCCCCOCCCCOCCCCOCCCCOCCCCO. The van der Waals surface area contributed by atoms with Gasteiger partial charge in [-0.1, -0.05) is 6.58 Å². The van der Waals surface area contributed by atoms with Crippen molar-refractivity contribution in [2.75, 3.05) is 119 Å². The Labute approximate surface area is 311 Å². The molecular formula is C40H78O11. The van der Waals surface area contributed by atoms with E-state index in [1.807, 2.05) is 0 Å². The monoisotopic (exact) mass is 735 g/mol. The number of carbonyl (C=O) groups is 1. The molecule has 1 N–H and O–H groups in total. The molecule has 0 aliphatic rings. The lowest BCUT2D eigenvalue weighted by atomic mass is 10.3. The normalized spacial score (nSPS) is 11.4. The summed E-state index contributed by atoms with van der Waals surface area (Å²) in [5.41, 5.74) is 0.436. The van der Waals surface area contributed by atoms with Crippen LogP contribution in [0.25, 0.3) is 0 Å². The minimum absolute atomic E-state index is 0.248. The quantitative estimate of drug-likeness (QED) is 0.0387. The molecule has 0 radical (unpaired) electrons. The molecule has 0 heterocycles. The van der Waals surface area contributed by atoms with Crippen LogP contribution in [0.4, 0.5) is 0 Å². The Morgan fingerprint density at radius 1 is 0.353 bits per heavy atom. The molecule has 0 aromatic heterocycles. The van der Waals surface area contributed by atoms with Crippen molar-refractivity contribution in [3.05, 3.63) is 12.2 Å². The van der Waals surface area contributed by atoms with Gasteiger partial charge in [-0.3, -0.25) is 0 Å². The van der Waals surface area contributed by atoms with Gasteiger partial charge in [0.25, 0.3) is 0 Å². The first kappa shape index (κ1) is 49.9. The van der Waals surface area contributed by atoms with E-state index in [0.29, 0.717) is 18.8 Å². The van der Waals surface area contributed by atoms with Gasteiger partial charge < -0.3 is 47.7 Å². The third kappa shape index (κ3) is 44.9. The van der Waals surface area contributed by atoms with Crippen LogP contribution in [0.1, 0.15) is 122 Å². The molecule has 11 heteroatoms. The predicted octanol–water partition coefficient (Wildman–Crippen LogP) is 7.25. The number of hydrogen-bond donors (Lipinski definition) is 1. The maximum absolute atomic E-state index is 11.3. The Balaban J connectivity index is 3.07. The van der Waals surface area contributed by atoms with Crippen LogP contribution in [0.5, 0.6) is 0 Å². The Morgan fingerprint density at radius 3 is 0.706 bits per heavy atom. The molecule has 0 amide bonds. The summed E-state index contributed by atoms with van der Waals surface area (Å²) in [5, 5.41) is 8.72. The van der Waals surface area contributed by atoms with Crippen molar-refractivity contribution < 1.29 is 52.5 Å². The zero-order chi connectivity index (χ0) is 37.0. The molecule has 0 atom stereocenters. The van der Waals surface area contributed by atoms with Crippen LogP contribution >= 0.6 is 0 Å². The summed E-state index contributed by atoms with van der Waals surface area (Å²) in [6, 6.07) is 0. The van der Waals surface area contributed by atoms with Gasteiger partial charge in [0, 0.05) is 118 Å².